The Morgan fingerprint density at radius 1 is 1.11 bits per heavy atom. The quantitative estimate of drug-likeness (QED) is 0.412. The van der Waals surface area contributed by atoms with Gasteiger partial charge in [-0.15, -0.1) is 0 Å². The summed E-state index contributed by atoms with van der Waals surface area (Å²) in [6.45, 7) is 5.93. The van der Waals surface area contributed by atoms with E-state index in [0.717, 1.165) is 17.7 Å². The number of para-hydroxylation sites is 1. The lowest BCUT2D eigenvalue weighted by Gasteiger charge is -2.37. The normalized spacial score (nSPS) is 17.3. The molecule has 9 heteroatoms. The molecule has 0 bridgehead atoms. The zero-order valence-electron chi connectivity index (χ0n) is 22.3. The van der Waals surface area contributed by atoms with Crippen LogP contribution in [0.1, 0.15) is 50.8 Å². The molecule has 0 radical (unpaired) electrons. The Bertz CT molecular complexity index is 1290. The van der Waals surface area contributed by atoms with E-state index in [2.05, 4.69) is 5.32 Å². The van der Waals surface area contributed by atoms with Crippen LogP contribution >= 0.6 is 11.8 Å². The van der Waals surface area contributed by atoms with Crippen LogP contribution in [0.5, 0.6) is 11.5 Å². The number of methoxy groups -OCH3 is 2. The fourth-order valence-electron chi connectivity index (χ4n) is 4.45. The second-order valence-electron chi connectivity index (χ2n) is 9.09. The summed E-state index contributed by atoms with van der Waals surface area (Å²) in [4.78, 5) is 33.2. The lowest BCUT2D eigenvalue weighted by Crippen LogP contribution is -2.39. The van der Waals surface area contributed by atoms with E-state index in [1.54, 1.807) is 27.2 Å². The summed E-state index contributed by atoms with van der Waals surface area (Å²) in [5.41, 5.74) is 3.27. The Hall–Kier alpha value is -3.72. The van der Waals surface area contributed by atoms with Crippen LogP contribution in [-0.4, -0.2) is 42.2 Å². The number of amidine groups is 1. The number of rotatable bonds is 10. The zero-order valence-corrected chi connectivity index (χ0v) is 23.1. The highest BCUT2D eigenvalue weighted by Gasteiger charge is 2.42. The van der Waals surface area contributed by atoms with E-state index < -0.39 is 12.0 Å². The van der Waals surface area contributed by atoms with Crippen molar-refractivity contribution in [3.63, 3.8) is 0 Å². The molecule has 1 N–H and O–H groups in total. The van der Waals surface area contributed by atoms with Gasteiger partial charge in [-0.25, -0.2) is 9.79 Å². The number of fused-ring (bicyclic) bond motifs is 1. The van der Waals surface area contributed by atoms with Crippen molar-refractivity contribution in [2.24, 2.45) is 4.99 Å². The Kier molecular flexibility index (Phi) is 8.78. The van der Waals surface area contributed by atoms with Crippen LogP contribution in [0.25, 0.3) is 0 Å². The highest BCUT2D eigenvalue weighted by molar-refractivity contribution is 8.16. The number of thioether (sulfide) groups is 1. The van der Waals surface area contributed by atoms with Gasteiger partial charge in [0.25, 0.3) is 0 Å². The number of carbonyl (C=O) groups excluding carboxylic acids is 2. The minimum Gasteiger partial charge on any atom is -0.493 e. The molecule has 2 aliphatic rings. The van der Waals surface area contributed by atoms with Gasteiger partial charge in [-0.1, -0.05) is 61.2 Å². The van der Waals surface area contributed by atoms with Crippen LogP contribution in [0.3, 0.4) is 0 Å². The minimum absolute atomic E-state index is 0.0617. The van der Waals surface area contributed by atoms with Crippen molar-refractivity contribution < 1.29 is 23.8 Å². The van der Waals surface area contributed by atoms with Gasteiger partial charge in [0.1, 0.15) is 6.61 Å². The van der Waals surface area contributed by atoms with Crippen LogP contribution in [0.4, 0.5) is 0 Å². The van der Waals surface area contributed by atoms with E-state index in [0.29, 0.717) is 33.5 Å². The smallest absolute Gasteiger partial charge is 0.338 e. The van der Waals surface area contributed by atoms with E-state index in [1.807, 2.05) is 66.6 Å². The van der Waals surface area contributed by atoms with Crippen molar-refractivity contribution in [3.05, 3.63) is 82.0 Å². The lowest BCUT2D eigenvalue weighted by atomic mass is 9.92. The molecule has 4 rings (SSSR count). The van der Waals surface area contributed by atoms with Crippen molar-refractivity contribution >= 4 is 28.8 Å². The predicted octanol–water partition coefficient (Wildman–Crippen LogP) is 5.33. The Morgan fingerprint density at radius 2 is 1.87 bits per heavy atom. The molecule has 2 aromatic carbocycles. The molecule has 0 unspecified atom stereocenters. The van der Waals surface area contributed by atoms with Crippen LogP contribution in [0.15, 0.2) is 75.9 Å². The van der Waals surface area contributed by atoms with Crippen molar-refractivity contribution in [1.29, 1.82) is 0 Å². The zero-order chi connectivity index (χ0) is 27.2. The number of hydrogen-bond donors (Lipinski definition) is 1. The van der Waals surface area contributed by atoms with Gasteiger partial charge in [0.05, 0.1) is 38.0 Å². The third-order valence-corrected chi connectivity index (χ3v) is 7.41. The maximum absolute atomic E-state index is 13.7. The number of esters is 1. The summed E-state index contributed by atoms with van der Waals surface area (Å²) in [7, 11) is 3.14. The molecule has 2 aliphatic heterocycles. The molecule has 0 spiro atoms. The average Bonchev–Trinajstić information content (AvgIpc) is 3.32. The summed E-state index contributed by atoms with van der Waals surface area (Å²) < 4.78 is 17.1. The second-order valence-corrected chi connectivity index (χ2v) is 9.93. The lowest BCUT2D eigenvalue weighted by molar-refractivity contribution is -0.141. The van der Waals surface area contributed by atoms with Crippen molar-refractivity contribution in [2.75, 3.05) is 14.2 Å². The Labute approximate surface area is 227 Å². The molecule has 2 atom stereocenters. The highest BCUT2D eigenvalue weighted by atomic mass is 32.2. The molecule has 0 aromatic heterocycles. The molecule has 0 saturated heterocycles. The van der Waals surface area contributed by atoms with Crippen LogP contribution in [-0.2, 0) is 20.9 Å². The van der Waals surface area contributed by atoms with Gasteiger partial charge in [-0.3, -0.25) is 4.79 Å². The van der Waals surface area contributed by atoms with Gasteiger partial charge < -0.3 is 24.4 Å². The number of carbonyl (C=O) groups is 2. The monoisotopic (exact) mass is 535 g/mol. The molecule has 2 heterocycles. The maximum Gasteiger partial charge on any atom is 0.338 e. The molecular formula is C29H33N3O5S. The van der Waals surface area contributed by atoms with Crippen LogP contribution in [0.2, 0.25) is 0 Å². The predicted molar refractivity (Wildman–Crippen MR) is 149 cm³/mol. The molecule has 1 amide bonds. The summed E-state index contributed by atoms with van der Waals surface area (Å²) in [6, 6.07) is 14.5. The van der Waals surface area contributed by atoms with Gasteiger partial charge in [-0.05, 0) is 37.3 Å². The standard InChI is InChI=1S/C29H33N3O5S/c1-6-18(2)30-24(33)15-21-17-38-29-31-19(3)25(28(34)37-16-20-11-8-7-9-12-20)26(32(21)29)22-13-10-14-23(35-4)27(22)36-5/h7-14,17-18,26H,6,15-16H2,1-5H3,(H,30,33)/t18-,26-/m0/s1. The average molecular weight is 536 g/mol. The fraction of sp³-hybridized carbons (Fsp3) is 0.345. The number of hydrogen-bond acceptors (Lipinski definition) is 8. The first-order chi connectivity index (χ1) is 18.4. The number of allylic oxidation sites excluding steroid dienone is 1. The van der Waals surface area contributed by atoms with E-state index in [4.69, 9.17) is 19.2 Å². The number of amides is 1. The van der Waals surface area contributed by atoms with Crippen molar-refractivity contribution in [2.45, 2.75) is 52.3 Å². The second kappa shape index (κ2) is 12.2. The molecular weight excluding hydrogens is 502 g/mol. The molecule has 0 aliphatic carbocycles. The van der Waals surface area contributed by atoms with E-state index in [9.17, 15) is 9.59 Å². The molecule has 2 aromatic rings. The first-order valence-corrected chi connectivity index (χ1v) is 13.4. The van der Waals surface area contributed by atoms with Crippen LogP contribution in [0, 0.1) is 0 Å². The molecule has 0 fully saturated rings. The summed E-state index contributed by atoms with van der Waals surface area (Å²) in [6.07, 6.45) is 0.976. The Morgan fingerprint density at radius 3 is 2.55 bits per heavy atom. The van der Waals surface area contributed by atoms with Gasteiger partial charge in [0, 0.05) is 17.3 Å². The summed E-state index contributed by atoms with van der Waals surface area (Å²) in [5.74, 6) is 0.464. The largest absolute Gasteiger partial charge is 0.493 e. The number of nitrogens with one attached hydrogen (secondary N) is 1. The molecule has 38 heavy (non-hydrogen) atoms. The first kappa shape index (κ1) is 27.3. The fourth-order valence-corrected chi connectivity index (χ4v) is 5.41. The summed E-state index contributed by atoms with van der Waals surface area (Å²) in [5, 5.41) is 5.63. The van der Waals surface area contributed by atoms with Gasteiger partial charge >= 0.3 is 5.97 Å². The molecule has 0 saturated carbocycles. The first-order valence-electron chi connectivity index (χ1n) is 12.5. The van der Waals surface area contributed by atoms with E-state index in [1.165, 1.54) is 11.8 Å². The number of ether oxygens (including phenoxy) is 3. The van der Waals surface area contributed by atoms with Crippen molar-refractivity contribution in [3.8, 4) is 11.5 Å². The van der Waals surface area contributed by atoms with Crippen LogP contribution < -0.4 is 14.8 Å². The number of nitrogens with zero attached hydrogens (tertiary/aromatic N) is 2. The topological polar surface area (TPSA) is 89.5 Å². The van der Waals surface area contributed by atoms with Gasteiger partial charge in [0.2, 0.25) is 5.91 Å². The van der Waals surface area contributed by atoms with Crippen molar-refractivity contribution in [1.82, 2.24) is 10.2 Å². The van der Waals surface area contributed by atoms with Gasteiger partial charge in [0.15, 0.2) is 16.7 Å². The number of benzene rings is 2. The molecule has 200 valence electrons. The maximum atomic E-state index is 13.7. The van der Waals surface area contributed by atoms with E-state index in [-0.39, 0.29) is 25.0 Å². The SMILES string of the molecule is CC[C@H](C)NC(=O)CC1=CSC2=NC(C)=C(C(=O)OCc3ccccc3)[C@H](c3cccc(OC)c3OC)N12. The number of aliphatic imine (C=N–C) groups is 1. The summed E-state index contributed by atoms with van der Waals surface area (Å²) >= 11 is 1.43. The van der Waals surface area contributed by atoms with E-state index >= 15 is 0 Å². The minimum atomic E-state index is -0.631. The molecule has 8 nitrogen and oxygen atoms in total. The highest BCUT2D eigenvalue weighted by Crippen LogP contribution is 2.48. The Balaban J connectivity index is 1.75. The van der Waals surface area contributed by atoms with Gasteiger partial charge in [-0.2, -0.15) is 0 Å². The third kappa shape index (κ3) is 5.72. The third-order valence-electron chi connectivity index (χ3n) is 6.52.